The summed E-state index contributed by atoms with van der Waals surface area (Å²) in [4.78, 5) is 23.3. The van der Waals surface area contributed by atoms with E-state index in [4.69, 9.17) is 9.47 Å². The molecule has 0 aliphatic heterocycles. The number of alkyl halides is 1. The molecule has 0 saturated heterocycles. The first-order chi connectivity index (χ1) is 12.4. The number of hydrogen-bond acceptors (Lipinski definition) is 5. The molecule has 1 saturated carbocycles. The third kappa shape index (κ3) is 3.06. The number of ketones is 1. The largest absolute Gasteiger partial charge is 0.497 e. The quantitative estimate of drug-likeness (QED) is 0.411. The second-order valence-electron chi connectivity index (χ2n) is 6.30. The lowest BCUT2D eigenvalue weighted by Gasteiger charge is -2.13. The number of carbonyl (C=O) groups excluding carboxylic acids is 1. The zero-order valence-electron chi connectivity index (χ0n) is 14.2. The van der Waals surface area contributed by atoms with Gasteiger partial charge < -0.3 is 9.47 Å². The SMILES string of the molecule is COc1ccc(C(=O)C2([N+](=O)[O-])CC2(F)COCc2ccccc2)cc1. The molecule has 0 spiro atoms. The van der Waals surface area contributed by atoms with Crippen LogP contribution in [0.5, 0.6) is 5.75 Å². The molecule has 0 bridgehead atoms. The third-order valence-corrected chi connectivity index (χ3v) is 4.63. The summed E-state index contributed by atoms with van der Waals surface area (Å²) in [5.41, 5.74) is -3.71. The summed E-state index contributed by atoms with van der Waals surface area (Å²) < 4.78 is 25.4. The Balaban J connectivity index is 1.72. The van der Waals surface area contributed by atoms with Crippen molar-refractivity contribution in [2.24, 2.45) is 0 Å². The fourth-order valence-corrected chi connectivity index (χ4v) is 3.01. The van der Waals surface area contributed by atoms with Gasteiger partial charge in [0.15, 0.2) is 0 Å². The molecule has 26 heavy (non-hydrogen) atoms. The first-order valence-electron chi connectivity index (χ1n) is 8.07. The number of nitrogens with zero attached hydrogens (tertiary/aromatic N) is 1. The highest BCUT2D eigenvalue weighted by Gasteiger charge is 2.84. The number of methoxy groups -OCH3 is 1. The van der Waals surface area contributed by atoms with Gasteiger partial charge in [0.2, 0.25) is 11.5 Å². The number of ether oxygens (including phenoxy) is 2. The van der Waals surface area contributed by atoms with E-state index >= 15 is 4.39 Å². The first kappa shape index (κ1) is 18.0. The molecule has 1 aliphatic carbocycles. The van der Waals surface area contributed by atoms with Crippen molar-refractivity contribution < 1.29 is 23.6 Å². The predicted octanol–water partition coefficient (Wildman–Crippen LogP) is 3.22. The van der Waals surface area contributed by atoms with Crippen LogP contribution < -0.4 is 4.74 Å². The van der Waals surface area contributed by atoms with Crippen molar-refractivity contribution in [1.82, 2.24) is 0 Å². The molecule has 0 aromatic heterocycles. The van der Waals surface area contributed by atoms with Crippen LogP contribution in [-0.4, -0.2) is 35.6 Å². The van der Waals surface area contributed by atoms with Crippen molar-refractivity contribution in [3.8, 4) is 5.75 Å². The van der Waals surface area contributed by atoms with Crippen LogP contribution in [0.2, 0.25) is 0 Å². The maximum atomic E-state index is 15.0. The van der Waals surface area contributed by atoms with Crippen molar-refractivity contribution in [2.75, 3.05) is 13.7 Å². The molecule has 2 aromatic carbocycles. The minimum absolute atomic E-state index is 0.0742. The van der Waals surface area contributed by atoms with Gasteiger partial charge in [-0.05, 0) is 29.8 Å². The second kappa shape index (κ2) is 6.84. The highest BCUT2D eigenvalue weighted by molar-refractivity contribution is 6.06. The summed E-state index contributed by atoms with van der Waals surface area (Å²) in [6.07, 6.45) is -0.493. The van der Waals surface area contributed by atoms with Gasteiger partial charge in [-0.25, -0.2) is 4.39 Å². The zero-order chi connectivity index (χ0) is 18.8. The maximum absolute atomic E-state index is 15.0. The Morgan fingerprint density at radius 2 is 1.85 bits per heavy atom. The van der Waals surface area contributed by atoms with Crippen molar-refractivity contribution in [3.63, 3.8) is 0 Å². The Bertz CT molecular complexity index is 810. The molecule has 1 fully saturated rings. The number of benzene rings is 2. The molecule has 6 nitrogen and oxygen atoms in total. The van der Waals surface area contributed by atoms with E-state index in [0.29, 0.717) is 5.75 Å². The molecule has 0 amide bonds. The van der Waals surface area contributed by atoms with Gasteiger partial charge in [-0.2, -0.15) is 0 Å². The lowest BCUT2D eigenvalue weighted by molar-refractivity contribution is -0.528. The molecule has 0 N–H and O–H groups in total. The number of halogens is 1. The Hall–Kier alpha value is -2.80. The van der Waals surface area contributed by atoms with Gasteiger partial charge >= 0.3 is 5.54 Å². The van der Waals surface area contributed by atoms with E-state index in [2.05, 4.69) is 0 Å². The molecule has 0 heterocycles. The number of hydrogen-bond donors (Lipinski definition) is 0. The van der Waals surface area contributed by atoms with Crippen molar-refractivity contribution in [3.05, 3.63) is 75.8 Å². The molecule has 2 atom stereocenters. The van der Waals surface area contributed by atoms with Crippen LogP contribution >= 0.6 is 0 Å². The number of nitro groups is 1. The zero-order valence-corrected chi connectivity index (χ0v) is 14.2. The molecule has 136 valence electrons. The van der Waals surface area contributed by atoms with Crippen molar-refractivity contribution >= 4 is 5.78 Å². The monoisotopic (exact) mass is 359 g/mol. The summed E-state index contributed by atoms with van der Waals surface area (Å²) in [6.45, 7) is -0.387. The number of carbonyl (C=O) groups is 1. The normalized spacial score (nSPS) is 24.1. The standard InChI is InChI=1S/C19H18FNO5/c1-25-16-9-7-15(8-10-16)17(22)19(21(23)24)12-18(19,20)13-26-11-14-5-3-2-4-6-14/h2-10H,11-13H2,1H3. The van der Waals surface area contributed by atoms with Crippen LogP contribution in [0, 0.1) is 10.1 Å². The minimum atomic E-state index is -2.32. The fourth-order valence-electron chi connectivity index (χ4n) is 3.01. The Labute approximate surface area is 149 Å². The van der Waals surface area contributed by atoms with E-state index in [-0.39, 0.29) is 12.2 Å². The highest BCUT2D eigenvalue weighted by Crippen LogP contribution is 2.55. The molecule has 1 aliphatic rings. The fraction of sp³-hybridized carbons (Fsp3) is 0.316. The van der Waals surface area contributed by atoms with Gasteiger partial charge in [0.05, 0.1) is 26.7 Å². The Kier molecular flexibility index (Phi) is 4.73. The summed E-state index contributed by atoms with van der Waals surface area (Å²) >= 11 is 0. The van der Waals surface area contributed by atoms with Crippen LogP contribution in [0.1, 0.15) is 22.3 Å². The average Bonchev–Trinajstić information content (AvgIpc) is 3.29. The lowest BCUT2D eigenvalue weighted by Crippen LogP contribution is -2.41. The molecular formula is C19H18FNO5. The van der Waals surface area contributed by atoms with Crippen molar-refractivity contribution in [2.45, 2.75) is 24.2 Å². The predicted molar refractivity (Wildman–Crippen MR) is 91.6 cm³/mol. The van der Waals surface area contributed by atoms with E-state index in [1.807, 2.05) is 18.2 Å². The third-order valence-electron chi connectivity index (χ3n) is 4.63. The number of rotatable bonds is 8. The molecule has 2 unspecified atom stereocenters. The van der Waals surface area contributed by atoms with Crippen LogP contribution in [-0.2, 0) is 11.3 Å². The van der Waals surface area contributed by atoms with Gasteiger partial charge in [-0.1, -0.05) is 30.3 Å². The van der Waals surface area contributed by atoms with E-state index < -0.39 is 34.9 Å². The van der Waals surface area contributed by atoms with Crippen LogP contribution in [0.3, 0.4) is 0 Å². The summed E-state index contributed by atoms with van der Waals surface area (Å²) in [5, 5.41) is 11.5. The van der Waals surface area contributed by atoms with E-state index in [1.54, 1.807) is 12.1 Å². The smallest absolute Gasteiger partial charge is 0.322 e. The van der Waals surface area contributed by atoms with E-state index in [9.17, 15) is 14.9 Å². The van der Waals surface area contributed by atoms with Crippen LogP contribution in [0.25, 0.3) is 0 Å². The average molecular weight is 359 g/mol. The van der Waals surface area contributed by atoms with Gasteiger partial charge in [0.1, 0.15) is 5.75 Å². The minimum Gasteiger partial charge on any atom is -0.497 e. The van der Waals surface area contributed by atoms with Gasteiger partial charge in [0.25, 0.3) is 0 Å². The first-order valence-corrected chi connectivity index (χ1v) is 8.07. The Morgan fingerprint density at radius 3 is 2.42 bits per heavy atom. The van der Waals surface area contributed by atoms with E-state index in [0.717, 1.165) is 5.56 Å². The van der Waals surface area contributed by atoms with E-state index in [1.165, 1.54) is 31.4 Å². The summed E-state index contributed by atoms with van der Waals surface area (Å²) in [7, 11) is 1.47. The van der Waals surface area contributed by atoms with Gasteiger partial charge in [-0.15, -0.1) is 0 Å². The van der Waals surface area contributed by atoms with Gasteiger partial charge in [0, 0.05) is 10.5 Å². The molecule has 7 heteroatoms. The number of Topliss-reactive ketones (excluding diaryl/α,β-unsaturated/α-hetero) is 1. The second-order valence-corrected chi connectivity index (χ2v) is 6.30. The maximum Gasteiger partial charge on any atom is 0.322 e. The molecule has 0 radical (unpaired) electrons. The Morgan fingerprint density at radius 1 is 1.19 bits per heavy atom. The van der Waals surface area contributed by atoms with Crippen LogP contribution in [0.4, 0.5) is 4.39 Å². The molecule has 3 rings (SSSR count). The van der Waals surface area contributed by atoms with Gasteiger partial charge in [-0.3, -0.25) is 14.9 Å². The molecule has 2 aromatic rings. The molecular weight excluding hydrogens is 341 g/mol. The summed E-state index contributed by atoms with van der Waals surface area (Å²) in [6, 6.07) is 14.9. The highest BCUT2D eigenvalue weighted by atomic mass is 19.1. The summed E-state index contributed by atoms with van der Waals surface area (Å²) in [5.74, 6) is -0.346. The lowest BCUT2D eigenvalue weighted by atomic mass is 10.00. The van der Waals surface area contributed by atoms with Crippen LogP contribution in [0.15, 0.2) is 54.6 Å². The topological polar surface area (TPSA) is 78.7 Å². The van der Waals surface area contributed by atoms with Crippen molar-refractivity contribution in [1.29, 1.82) is 0 Å².